The largest absolute Gasteiger partial charge is 0.303 e. The van der Waals surface area contributed by atoms with E-state index in [-0.39, 0.29) is 0 Å². The van der Waals surface area contributed by atoms with Gasteiger partial charge in [-0.25, -0.2) is 0 Å². The van der Waals surface area contributed by atoms with E-state index in [0.29, 0.717) is 0 Å². The van der Waals surface area contributed by atoms with Crippen LogP contribution >= 0.6 is 11.3 Å². The summed E-state index contributed by atoms with van der Waals surface area (Å²) in [4.78, 5) is 5.63. The molecule has 0 aliphatic carbocycles. The molecule has 106 valence electrons. The first-order valence-electron chi connectivity index (χ1n) is 7.63. The van der Waals surface area contributed by atoms with Crippen molar-refractivity contribution >= 4 is 17.4 Å². The number of aryl methyl sites for hydroxylation is 2. The number of piperidine rings is 1. The summed E-state index contributed by atoms with van der Waals surface area (Å²) in [5, 5.41) is 0. The van der Waals surface area contributed by atoms with Crippen LogP contribution in [0.25, 0.3) is 6.08 Å². The van der Waals surface area contributed by atoms with Gasteiger partial charge in [-0.3, -0.25) is 0 Å². The van der Waals surface area contributed by atoms with Crippen LogP contribution < -0.4 is 0 Å². The first-order valence-corrected chi connectivity index (χ1v) is 8.45. The third-order valence-corrected chi connectivity index (χ3v) is 5.36. The lowest BCUT2D eigenvalue weighted by Crippen LogP contribution is -2.33. The Hall–Kier alpha value is -0.600. The zero-order chi connectivity index (χ0) is 13.7. The molecule has 2 heterocycles. The highest BCUT2D eigenvalue weighted by molar-refractivity contribution is 7.13. The van der Waals surface area contributed by atoms with Gasteiger partial charge in [-0.1, -0.05) is 13.0 Å². The molecular weight excluding hydrogens is 250 g/mol. The number of rotatable bonds is 5. The third-order valence-electron chi connectivity index (χ3n) is 4.10. The molecule has 0 amide bonds. The van der Waals surface area contributed by atoms with Gasteiger partial charge in [0, 0.05) is 9.75 Å². The van der Waals surface area contributed by atoms with E-state index in [0.717, 1.165) is 5.92 Å². The number of hydrogen-bond donors (Lipinski definition) is 0. The molecule has 1 fully saturated rings. The minimum atomic E-state index is 0.944. The Morgan fingerprint density at radius 1 is 1.37 bits per heavy atom. The lowest BCUT2D eigenvalue weighted by atomic mass is 9.99. The second-order valence-corrected chi connectivity index (χ2v) is 7.06. The quantitative estimate of drug-likeness (QED) is 0.750. The number of likely N-dealkylation sites (tertiary alicyclic amines) is 1. The first kappa shape index (κ1) is 14.8. The molecule has 2 rings (SSSR count). The average molecular weight is 277 g/mol. The predicted octanol–water partition coefficient (Wildman–Crippen LogP) is 4.75. The number of allylic oxidation sites excluding steroid dienone is 1. The van der Waals surface area contributed by atoms with Crippen molar-refractivity contribution in [3.8, 4) is 0 Å². The second-order valence-electron chi connectivity index (χ2n) is 5.89. The lowest BCUT2D eigenvalue weighted by molar-refractivity contribution is 0.191. The summed E-state index contributed by atoms with van der Waals surface area (Å²) in [6, 6.07) is 2.37. The number of thiophene rings is 1. The summed E-state index contributed by atoms with van der Waals surface area (Å²) in [5.41, 5.74) is 1.44. The smallest absolute Gasteiger partial charge is 0.0299 e. The van der Waals surface area contributed by atoms with Gasteiger partial charge in [-0.05, 0) is 82.8 Å². The van der Waals surface area contributed by atoms with Crippen LogP contribution in [-0.2, 0) is 6.42 Å². The topological polar surface area (TPSA) is 3.24 Å². The van der Waals surface area contributed by atoms with Crippen LogP contribution in [-0.4, -0.2) is 24.5 Å². The zero-order valence-corrected chi connectivity index (χ0v) is 13.4. The minimum absolute atomic E-state index is 0.944. The normalized spacial score (nSPS) is 18.5. The van der Waals surface area contributed by atoms with Gasteiger partial charge in [0.15, 0.2) is 0 Å². The molecule has 0 aromatic carbocycles. The monoisotopic (exact) mass is 277 g/mol. The van der Waals surface area contributed by atoms with Crippen molar-refractivity contribution < 1.29 is 0 Å². The molecular formula is C17H27NS. The Balaban J connectivity index is 1.75. The van der Waals surface area contributed by atoms with Gasteiger partial charge < -0.3 is 4.90 Å². The summed E-state index contributed by atoms with van der Waals surface area (Å²) >= 11 is 1.97. The van der Waals surface area contributed by atoms with Gasteiger partial charge >= 0.3 is 0 Å². The third kappa shape index (κ3) is 4.47. The molecule has 0 bridgehead atoms. The van der Waals surface area contributed by atoms with Crippen molar-refractivity contribution in [2.75, 3.05) is 19.6 Å². The van der Waals surface area contributed by atoms with Crippen molar-refractivity contribution in [2.24, 2.45) is 5.92 Å². The highest BCUT2D eigenvalue weighted by Crippen LogP contribution is 2.24. The highest BCUT2D eigenvalue weighted by atomic mass is 32.1. The Kier molecular flexibility index (Phi) is 5.65. The molecule has 1 saturated heterocycles. The van der Waals surface area contributed by atoms with Crippen molar-refractivity contribution in [2.45, 2.75) is 46.5 Å². The van der Waals surface area contributed by atoms with Crippen molar-refractivity contribution in [3.05, 3.63) is 27.5 Å². The van der Waals surface area contributed by atoms with Crippen LogP contribution in [0.15, 0.2) is 12.1 Å². The maximum Gasteiger partial charge on any atom is 0.0299 e. The molecule has 19 heavy (non-hydrogen) atoms. The molecule has 0 radical (unpaired) electrons. The van der Waals surface area contributed by atoms with E-state index in [9.17, 15) is 0 Å². The second kappa shape index (κ2) is 7.25. The van der Waals surface area contributed by atoms with Crippen LogP contribution in [0.1, 0.15) is 48.4 Å². The van der Waals surface area contributed by atoms with E-state index in [1.807, 2.05) is 11.3 Å². The van der Waals surface area contributed by atoms with E-state index < -0.39 is 0 Å². The van der Waals surface area contributed by atoms with E-state index >= 15 is 0 Å². The van der Waals surface area contributed by atoms with Crippen LogP contribution in [0.3, 0.4) is 0 Å². The molecule has 0 unspecified atom stereocenters. The lowest BCUT2D eigenvalue weighted by Gasteiger charge is -2.30. The van der Waals surface area contributed by atoms with Gasteiger partial charge in [0.1, 0.15) is 0 Å². The van der Waals surface area contributed by atoms with Gasteiger partial charge in [0.25, 0.3) is 0 Å². The maximum atomic E-state index is 2.65. The van der Waals surface area contributed by atoms with Crippen LogP contribution in [0, 0.1) is 12.8 Å². The molecule has 1 aliphatic rings. The summed E-state index contributed by atoms with van der Waals surface area (Å²) < 4.78 is 0. The first-order chi connectivity index (χ1) is 9.19. The SMILES string of the molecule is C/C=C\c1sc(CCCN2CCC(C)CC2)cc1C. The Labute approximate surface area is 122 Å². The Bertz CT molecular complexity index is 411. The van der Waals surface area contributed by atoms with Gasteiger partial charge in [0.2, 0.25) is 0 Å². The molecule has 1 aliphatic heterocycles. The summed E-state index contributed by atoms with van der Waals surface area (Å²) in [6.45, 7) is 10.6. The van der Waals surface area contributed by atoms with E-state index in [4.69, 9.17) is 0 Å². The van der Waals surface area contributed by atoms with Crippen molar-refractivity contribution in [1.82, 2.24) is 4.90 Å². The fourth-order valence-electron chi connectivity index (χ4n) is 2.77. The van der Waals surface area contributed by atoms with Gasteiger partial charge in [-0.15, -0.1) is 11.3 Å². The van der Waals surface area contributed by atoms with E-state index in [2.05, 4.69) is 43.9 Å². The molecule has 1 aromatic rings. The molecule has 0 saturated carbocycles. The van der Waals surface area contributed by atoms with Crippen molar-refractivity contribution in [1.29, 1.82) is 0 Å². The maximum absolute atomic E-state index is 2.65. The summed E-state index contributed by atoms with van der Waals surface area (Å²) in [5.74, 6) is 0.944. The summed E-state index contributed by atoms with van der Waals surface area (Å²) in [6.07, 6.45) is 9.71. The van der Waals surface area contributed by atoms with E-state index in [1.165, 1.54) is 55.8 Å². The predicted molar refractivity (Wildman–Crippen MR) is 86.9 cm³/mol. The van der Waals surface area contributed by atoms with Crippen LogP contribution in [0.4, 0.5) is 0 Å². The number of nitrogens with zero attached hydrogens (tertiary/aromatic N) is 1. The fourth-order valence-corrected chi connectivity index (χ4v) is 3.96. The molecule has 0 spiro atoms. The average Bonchev–Trinajstić information content (AvgIpc) is 2.73. The Morgan fingerprint density at radius 3 is 2.79 bits per heavy atom. The molecule has 2 heteroatoms. The van der Waals surface area contributed by atoms with Crippen LogP contribution in [0.2, 0.25) is 0 Å². The Morgan fingerprint density at radius 2 is 2.11 bits per heavy atom. The summed E-state index contributed by atoms with van der Waals surface area (Å²) in [7, 11) is 0. The molecule has 1 nitrogen and oxygen atoms in total. The molecule has 0 N–H and O–H groups in total. The highest BCUT2D eigenvalue weighted by Gasteiger charge is 2.15. The minimum Gasteiger partial charge on any atom is -0.303 e. The van der Waals surface area contributed by atoms with Gasteiger partial charge in [-0.2, -0.15) is 0 Å². The number of hydrogen-bond acceptors (Lipinski definition) is 2. The molecule has 0 atom stereocenters. The molecule has 1 aromatic heterocycles. The van der Waals surface area contributed by atoms with Gasteiger partial charge in [0.05, 0.1) is 0 Å². The van der Waals surface area contributed by atoms with Crippen molar-refractivity contribution in [3.63, 3.8) is 0 Å². The van der Waals surface area contributed by atoms with Crippen LogP contribution in [0.5, 0.6) is 0 Å². The standard InChI is InChI=1S/C17H27NS/c1-4-6-17-15(3)13-16(19-17)7-5-10-18-11-8-14(2)9-12-18/h4,6,13-14H,5,7-12H2,1-3H3/b6-4-. The fraction of sp³-hybridized carbons (Fsp3) is 0.647. The van der Waals surface area contributed by atoms with E-state index in [1.54, 1.807) is 4.88 Å². The zero-order valence-electron chi connectivity index (χ0n) is 12.6.